The summed E-state index contributed by atoms with van der Waals surface area (Å²) in [6.45, 7) is 4.40. The van der Waals surface area contributed by atoms with Crippen LogP contribution in [0.3, 0.4) is 0 Å². The summed E-state index contributed by atoms with van der Waals surface area (Å²) in [4.78, 5) is 6.94. The minimum Gasteiger partial charge on any atom is -0.366 e. The van der Waals surface area contributed by atoms with Gasteiger partial charge in [-0.15, -0.1) is 5.10 Å². The molecule has 1 N–H and O–H groups in total. The standard InChI is InChI=1S/C15H25N5/c1-12-6-5-9-20(11-12)15-18-14(10-16-19-15)17-13-7-3-2-4-8-13/h10,12-13H,2-9,11H2,1H3,(H,17,18,19). The first-order valence-electron chi connectivity index (χ1n) is 8.02. The van der Waals surface area contributed by atoms with Crippen molar-refractivity contribution in [2.45, 2.75) is 57.9 Å². The quantitative estimate of drug-likeness (QED) is 0.919. The van der Waals surface area contributed by atoms with E-state index in [4.69, 9.17) is 0 Å². The highest BCUT2D eigenvalue weighted by molar-refractivity contribution is 5.40. The average molecular weight is 275 g/mol. The Morgan fingerprint density at radius 3 is 2.80 bits per heavy atom. The first-order valence-corrected chi connectivity index (χ1v) is 8.02. The maximum atomic E-state index is 4.67. The van der Waals surface area contributed by atoms with Gasteiger partial charge in [-0.25, -0.2) is 0 Å². The predicted octanol–water partition coefficient (Wildman–Crippen LogP) is 2.85. The summed E-state index contributed by atoms with van der Waals surface area (Å²) >= 11 is 0. The van der Waals surface area contributed by atoms with Crippen LogP contribution < -0.4 is 10.2 Å². The number of aromatic nitrogens is 3. The fraction of sp³-hybridized carbons (Fsp3) is 0.800. The maximum Gasteiger partial charge on any atom is 0.247 e. The molecule has 0 spiro atoms. The van der Waals surface area contributed by atoms with Crippen LogP contribution >= 0.6 is 0 Å². The van der Waals surface area contributed by atoms with E-state index in [-0.39, 0.29) is 0 Å². The Hall–Kier alpha value is -1.39. The molecule has 20 heavy (non-hydrogen) atoms. The number of rotatable bonds is 3. The van der Waals surface area contributed by atoms with Crippen molar-refractivity contribution >= 4 is 11.8 Å². The van der Waals surface area contributed by atoms with Gasteiger partial charge in [0.15, 0.2) is 5.82 Å². The summed E-state index contributed by atoms with van der Waals surface area (Å²) in [6, 6.07) is 0.563. The lowest BCUT2D eigenvalue weighted by atomic mass is 9.96. The molecule has 0 amide bonds. The molecule has 1 aliphatic heterocycles. The Kier molecular flexibility index (Phi) is 4.33. The average Bonchev–Trinajstić information content (AvgIpc) is 2.49. The third kappa shape index (κ3) is 3.38. The first kappa shape index (κ1) is 13.6. The van der Waals surface area contributed by atoms with Crippen LogP contribution in [-0.2, 0) is 0 Å². The van der Waals surface area contributed by atoms with Crippen molar-refractivity contribution < 1.29 is 0 Å². The van der Waals surface area contributed by atoms with Gasteiger partial charge in [0.25, 0.3) is 0 Å². The van der Waals surface area contributed by atoms with Crippen molar-refractivity contribution in [2.24, 2.45) is 5.92 Å². The maximum absolute atomic E-state index is 4.67. The van der Waals surface area contributed by atoms with Crippen molar-refractivity contribution in [2.75, 3.05) is 23.3 Å². The zero-order valence-electron chi connectivity index (χ0n) is 12.4. The van der Waals surface area contributed by atoms with Gasteiger partial charge in [-0.05, 0) is 31.6 Å². The lowest BCUT2D eigenvalue weighted by molar-refractivity contribution is 0.440. The van der Waals surface area contributed by atoms with Gasteiger partial charge in [-0.3, -0.25) is 0 Å². The van der Waals surface area contributed by atoms with Crippen LogP contribution in [0.4, 0.5) is 11.8 Å². The summed E-state index contributed by atoms with van der Waals surface area (Å²) in [5, 5.41) is 11.9. The van der Waals surface area contributed by atoms with Crippen LogP contribution in [0, 0.1) is 5.92 Å². The van der Waals surface area contributed by atoms with Crippen molar-refractivity contribution in [1.82, 2.24) is 15.2 Å². The molecule has 1 saturated carbocycles. The van der Waals surface area contributed by atoms with E-state index in [9.17, 15) is 0 Å². The van der Waals surface area contributed by atoms with Gasteiger partial charge >= 0.3 is 0 Å². The Morgan fingerprint density at radius 2 is 2.00 bits per heavy atom. The van der Waals surface area contributed by atoms with Gasteiger partial charge in [-0.2, -0.15) is 10.1 Å². The smallest absolute Gasteiger partial charge is 0.247 e. The third-order valence-corrected chi connectivity index (χ3v) is 4.44. The van der Waals surface area contributed by atoms with E-state index in [1.807, 2.05) is 0 Å². The fourth-order valence-electron chi connectivity index (χ4n) is 3.32. The van der Waals surface area contributed by atoms with Gasteiger partial charge in [0.05, 0.1) is 6.20 Å². The summed E-state index contributed by atoms with van der Waals surface area (Å²) in [6.07, 6.45) is 10.8. The fourth-order valence-corrected chi connectivity index (χ4v) is 3.32. The zero-order valence-corrected chi connectivity index (χ0v) is 12.4. The van der Waals surface area contributed by atoms with Gasteiger partial charge in [0, 0.05) is 19.1 Å². The molecular weight excluding hydrogens is 250 g/mol. The summed E-state index contributed by atoms with van der Waals surface area (Å²) in [7, 11) is 0. The second kappa shape index (κ2) is 6.37. The summed E-state index contributed by atoms with van der Waals surface area (Å²) in [5.41, 5.74) is 0. The highest BCUT2D eigenvalue weighted by atomic mass is 15.3. The van der Waals surface area contributed by atoms with Crippen LogP contribution in [0.25, 0.3) is 0 Å². The molecule has 1 aromatic heterocycles. The highest BCUT2D eigenvalue weighted by Crippen LogP contribution is 2.22. The number of hydrogen-bond donors (Lipinski definition) is 1. The third-order valence-electron chi connectivity index (χ3n) is 4.44. The van der Waals surface area contributed by atoms with E-state index in [1.165, 1.54) is 44.9 Å². The molecule has 5 heteroatoms. The van der Waals surface area contributed by atoms with E-state index < -0.39 is 0 Å². The minimum absolute atomic E-state index is 0.563. The van der Waals surface area contributed by atoms with Gasteiger partial charge < -0.3 is 10.2 Å². The Morgan fingerprint density at radius 1 is 1.15 bits per heavy atom. The minimum atomic E-state index is 0.563. The van der Waals surface area contributed by atoms with Crippen LogP contribution in [0.5, 0.6) is 0 Å². The Bertz CT molecular complexity index is 430. The summed E-state index contributed by atoms with van der Waals surface area (Å²) in [5.74, 6) is 2.40. The van der Waals surface area contributed by atoms with Crippen LogP contribution in [-0.4, -0.2) is 34.3 Å². The largest absolute Gasteiger partial charge is 0.366 e. The van der Waals surface area contributed by atoms with E-state index in [1.54, 1.807) is 6.20 Å². The molecule has 1 aromatic rings. The highest BCUT2D eigenvalue weighted by Gasteiger charge is 2.20. The lowest BCUT2D eigenvalue weighted by Crippen LogP contribution is -2.35. The number of nitrogens with zero attached hydrogens (tertiary/aromatic N) is 4. The van der Waals surface area contributed by atoms with E-state index >= 15 is 0 Å². The number of piperidine rings is 1. The van der Waals surface area contributed by atoms with Crippen molar-refractivity contribution in [3.05, 3.63) is 6.20 Å². The molecule has 0 aromatic carbocycles. The van der Waals surface area contributed by atoms with Gasteiger partial charge in [0.2, 0.25) is 5.95 Å². The molecule has 2 heterocycles. The molecule has 2 aliphatic rings. The molecule has 1 atom stereocenters. The second-order valence-corrected chi connectivity index (χ2v) is 6.31. The molecule has 2 fully saturated rings. The normalized spacial score (nSPS) is 24.6. The van der Waals surface area contributed by atoms with Gasteiger partial charge in [-0.1, -0.05) is 26.2 Å². The van der Waals surface area contributed by atoms with E-state index in [0.717, 1.165) is 30.8 Å². The molecule has 1 unspecified atom stereocenters. The topological polar surface area (TPSA) is 53.9 Å². The SMILES string of the molecule is CC1CCCN(c2nncc(NC3CCCCC3)n2)C1. The summed E-state index contributed by atoms with van der Waals surface area (Å²) < 4.78 is 0. The second-order valence-electron chi connectivity index (χ2n) is 6.31. The lowest BCUT2D eigenvalue weighted by Gasteiger charge is -2.30. The molecule has 0 bridgehead atoms. The van der Waals surface area contributed by atoms with Crippen molar-refractivity contribution in [3.63, 3.8) is 0 Å². The monoisotopic (exact) mass is 275 g/mol. The molecule has 110 valence electrons. The van der Waals surface area contributed by atoms with Gasteiger partial charge in [0.1, 0.15) is 0 Å². The molecule has 1 aliphatic carbocycles. The van der Waals surface area contributed by atoms with Crippen molar-refractivity contribution in [1.29, 1.82) is 0 Å². The first-order chi connectivity index (χ1) is 9.81. The van der Waals surface area contributed by atoms with E-state index in [0.29, 0.717) is 6.04 Å². The van der Waals surface area contributed by atoms with Crippen LogP contribution in [0.2, 0.25) is 0 Å². The van der Waals surface area contributed by atoms with Crippen molar-refractivity contribution in [3.8, 4) is 0 Å². The molecular formula is C15H25N5. The van der Waals surface area contributed by atoms with Crippen LogP contribution in [0.1, 0.15) is 51.9 Å². The predicted molar refractivity (Wildman–Crippen MR) is 80.9 cm³/mol. The van der Waals surface area contributed by atoms with E-state index in [2.05, 4.69) is 32.3 Å². The number of hydrogen-bond acceptors (Lipinski definition) is 5. The molecule has 1 saturated heterocycles. The molecule has 3 rings (SSSR count). The molecule has 0 radical (unpaired) electrons. The Labute approximate surface area is 121 Å². The molecule has 5 nitrogen and oxygen atoms in total. The van der Waals surface area contributed by atoms with Crippen LogP contribution in [0.15, 0.2) is 6.20 Å². The Balaban J connectivity index is 1.65. The number of nitrogens with one attached hydrogen (secondary N) is 1. The number of anilines is 2. The zero-order chi connectivity index (χ0) is 13.8.